The van der Waals surface area contributed by atoms with Crippen molar-refractivity contribution < 1.29 is 14.3 Å². The molecule has 0 aromatic heterocycles. The van der Waals surface area contributed by atoms with Gasteiger partial charge in [0.15, 0.2) is 0 Å². The van der Waals surface area contributed by atoms with Crippen LogP contribution >= 0.6 is 0 Å². The molecule has 0 aliphatic carbocycles. The fourth-order valence-electron chi connectivity index (χ4n) is 3.85. The zero-order chi connectivity index (χ0) is 17.5. The lowest BCUT2D eigenvalue weighted by molar-refractivity contribution is -0.149. The highest BCUT2D eigenvalue weighted by Gasteiger charge is 2.31. The predicted molar refractivity (Wildman–Crippen MR) is 94.6 cm³/mol. The summed E-state index contributed by atoms with van der Waals surface area (Å²) in [7, 11) is 0. The van der Waals surface area contributed by atoms with Gasteiger partial charge >= 0.3 is 5.97 Å². The fourth-order valence-corrected chi connectivity index (χ4v) is 3.85. The number of ether oxygens (including phenoxy) is 1. The Bertz CT molecular complexity index is 419. The normalized spacial score (nSPS) is 25.4. The molecule has 0 saturated carbocycles. The van der Waals surface area contributed by atoms with Gasteiger partial charge in [-0.1, -0.05) is 20.3 Å². The third-order valence-corrected chi connectivity index (χ3v) is 5.67. The number of amides is 1. The van der Waals surface area contributed by atoms with Crippen molar-refractivity contribution in [1.29, 1.82) is 0 Å². The van der Waals surface area contributed by atoms with Crippen LogP contribution < -0.4 is 0 Å². The van der Waals surface area contributed by atoms with Crippen molar-refractivity contribution >= 4 is 11.9 Å². The highest BCUT2D eigenvalue weighted by Crippen LogP contribution is 2.25. The van der Waals surface area contributed by atoms with Crippen molar-refractivity contribution in [2.45, 2.75) is 65.3 Å². The third-order valence-electron chi connectivity index (χ3n) is 5.67. The predicted octanol–water partition coefficient (Wildman–Crippen LogP) is 2.69. The van der Waals surface area contributed by atoms with Crippen molar-refractivity contribution in [2.75, 3.05) is 32.8 Å². The number of carbonyl (C=O) groups is 2. The van der Waals surface area contributed by atoms with Crippen LogP contribution in [0.15, 0.2) is 0 Å². The minimum absolute atomic E-state index is 0.0343. The smallest absolute Gasteiger partial charge is 0.309 e. The number of rotatable bonds is 6. The van der Waals surface area contributed by atoms with Crippen molar-refractivity contribution in [3.63, 3.8) is 0 Å². The van der Waals surface area contributed by atoms with Gasteiger partial charge in [0.2, 0.25) is 5.91 Å². The van der Waals surface area contributed by atoms with Crippen molar-refractivity contribution in [2.24, 2.45) is 11.8 Å². The summed E-state index contributed by atoms with van der Waals surface area (Å²) in [5, 5.41) is 0. The Kier molecular flexibility index (Phi) is 7.53. The van der Waals surface area contributed by atoms with Gasteiger partial charge in [-0.2, -0.15) is 0 Å². The molecule has 2 unspecified atom stereocenters. The van der Waals surface area contributed by atoms with Crippen LogP contribution in [-0.2, 0) is 14.3 Å². The first-order valence-corrected chi connectivity index (χ1v) is 9.73. The van der Waals surface area contributed by atoms with E-state index in [1.807, 2.05) is 6.92 Å². The van der Waals surface area contributed by atoms with Gasteiger partial charge in [-0.25, -0.2) is 0 Å². The van der Waals surface area contributed by atoms with Gasteiger partial charge in [0, 0.05) is 25.6 Å². The van der Waals surface area contributed by atoms with E-state index in [1.54, 1.807) is 0 Å². The molecule has 138 valence electrons. The Morgan fingerprint density at radius 2 is 1.88 bits per heavy atom. The molecule has 0 aromatic carbocycles. The lowest BCUT2D eigenvalue weighted by atomic mass is 9.94. The molecule has 5 nitrogen and oxygen atoms in total. The molecule has 2 rings (SSSR count). The van der Waals surface area contributed by atoms with Gasteiger partial charge in [0.05, 0.1) is 12.5 Å². The molecule has 0 N–H and O–H groups in total. The van der Waals surface area contributed by atoms with Gasteiger partial charge in [-0.05, 0) is 51.6 Å². The maximum Gasteiger partial charge on any atom is 0.309 e. The molecule has 0 aromatic rings. The number of esters is 1. The minimum Gasteiger partial charge on any atom is -0.466 e. The second-order valence-electron chi connectivity index (χ2n) is 7.40. The van der Waals surface area contributed by atoms with E-state index in [2.05, 4.69) is 23.6 Å². The molecule has 2 aliphatic heterocycles. The number of nitrogens with zero attached hydrogens (tertiary/aromatic N) is 2. The SMILES string of the molecule is CCOC(=O)C1CCN(C2CCC(=O)N(CC(C)CC)CC2)CC1. The Hall–Kier alpha value is -1.10. The molecule has 2 saturated heterocycles. The Labute approximate surface area is 146 Å². The third kappa shape index (κ3) is 5.20. The van der Waals surface area contributed by atoms with Gasteiger partial charge in [0.1, 0.15) is 0 Å². The molecule has 0 radical (unpaired) electrons. The fraction of sp³-hybridized carbons (Fsp3) is 0.895. The summed E-state index contributed by atoms with van der Waals surface area (Å²) in [5.41, 5.74) is 0. The number of likely N-dealkylation sites (tertiary alicyclic amines) is 2. The Morgan fingerprint density at radius 1 is 1.17 bits per heavy atom. The minimum atomic E-state index is -0.0343. The zero-order valence-corrected chi connectivity index (χ0v) is 15.6. The van der Waals surface area contributed by atoms with Crippen LogP contribution in [0.1, 0.15) is 59.3 Å². The van der Waals surface area contributed by atoms with E-state index in [1.165, 1.54) is 0 Å². The summed E-state index contributed by atoms with van der Waals surface area (Å²) in [6, 6.07) is 0.485. The second kappa shape index (κ2) is 9.40. The first-order chi connectivity index (χ1) is 11.5. The maximum absolute atomic E-state index is 12.4. The molecule has 0 spiro atoms. The van der Waals surface area contributed by atoms with E-state index < -0.39 is 0 Å². The molecule has 24 heavy (non-hydrogen) atoms. The Morgan fingerprint density at radius 3 is 2.50 bits per heavy atom. The van der Waals surface area contributed by atoms with Crippen LogP contribution in [-0.4, -0.2) is 60.5 Å². The van der Waals surface area contributed by atoms with E-state index in [4.69, 9.17) is 4.74 Å². The average Bonchev–Trinajstić information content (AvgIpc) is 2.77. The summed E-state index contributed by atoms with van der Waals surface area (Å²) in [6.07, 6.45) is 5.58. The highest BCUT2D eigenvalue weighted by atomic mass is 16.5. The van der Waals surface area contributed by atoms with Gasteiger partial charge in [-0.15, -0.1) is 0 Å². The number of hydrogen-bond donors (Lipinski definition) is 0. The van der Waals surface area contributed by atoms with E-state index in [9.17, 15) is 9.59 Å². The molecule has 2 heterocycles. The van der Waals surface area contributed by atoms with Crippen molar-refractivity contribution in [3.8, 4) is 0 Å². The average molecular weight is 338 g/mol. The first kappa shape index (κ1) is 19.2. The van der Waals surface area contributed by atoms with Crippen LogP contribution in [0.25, 0.3) is 0 Å². The van der Waals surface area contributed by atoms with Gasteiger partial charge < -0.3 is 14.5 Å². The molecule has 2 atom stereocenters. The summed E-state index contributed by atoms with van der Waals surface area (Å²) in [6.45, 7) is 10.4. The lowest BCUT2D eigenvalue weighted by Crippen LogP contribution is -2.43. The number of carbonyl (C=O) groups excluding carboxylic acids is 2. The number of hydrogen-bond acceptors (Lipinski definition) is 4. The van der Waals surface area contributed by atoms with E-state index in [-0.39, 0.29) is 11.9 Å². The first-order valence-electron chi connectivity index (χ1n) is 9.73. The molecule has 2 aliphatic rings. The zero-order valence-electron chi connectivity index (χ0n) is 15.6. The number of piperidine rings is 1. The van der Waals surface area contributed by atoms with Crippen LogP contribution in [0, 0.1) is 11.8 Å². The standard InChI is InChI=1S/C19H34N2O3/c1-4-15(3)14-21-13-10-17(6-7-18(21)22)20-11-8-16(9-12-20)19(23)24-5-2/h15-17H,4-14H2,1-3H3. The molecule has 2 fully saturated rings. The molecule has 1 amide bonds. The highest BCUT2D eigenvalue weighted by molar-refractivity contribution is 5.76. The summed E-state index contributed by atoms with van der Waals surface area (Å²) < 4.78 is 5.15. The van der Waals surface area contributed by atoms with E-state index >= 15 is 0 Å². The summed E-state index contributed by atoms with van der Waals surface area (Å²) in [4.78, 5) is 28.8. The van der Waals surface area contributed by atoms with Crippen LogP contribution in [0.4, 0.5) is 0 Å². The summed E-state index contributed by atoms with van der Waals surface area (Å²) in [5.74, 6) is 0.925. The van der Waals surface area contributed by atoms with Crippen molar-refractivity contribution in [1.82, 2.24) is 9.80 Å². The summed E-state index contributed by atoms with van der Waals surface area (Å²) >= 11 is 0. The second-order valence-corrected chi connectivity index (χ2v) is 7.40. The Balaban J connectivity index is 1.82. The molecular weight excluding hydrogens is 304 g/mol. The van der Waals surface area contributed by atoms with E-state index in [0.717, 1.165) is 58.3 Å². The maximum atomic E-state index is 12.4. The quantitative estimate of drug-likeness (QED) is 0.699. The lowest BCUT2D eigenvalue weighted by Gasteiger charge is -2.36. The van der Waals surface area contributed by atoms with Crippen molar-refractivity contribution in [3.05, 3.63) is 0 Å². The van der Waals surface area contributed by atoms with Crippen LogP contribution in [0.5, 0.6) is 0 Å². The molecule has 0 bridgehead atoms. The molecule has 5 heteroatoms. The van der Waals surface area contributed by atoms with E-state index in [0.29, 0.717) is 30.9 Å². The van der Waals surface area contributed by atoms with Crippen LogP contribution in [0.2, 0.25) is 0 Å². The van der Waals surface area contributed by atoms with Crippen LogP contribution in [0.3, 0.4) is 0 Å². The van der Waals surface area contributed by atoms with Gasteiger partial charge in [0.25, 0.3) is 0 Å². The van der Waals surface area contributed by atoms with Gasteiger partial charge in [-0.3, -0.25) is 9.59 Å². The largest absolute Gasteiger partial charge is 0.466 e. The molecular formula is C19H34N2O3. The topological polar surface area (TPSA) is 49.9 Å². The monoisotopic (exact) mass is 338 g/mol.